The van der Waals surface area contributed by atoms with Crippen molar-refractivity contribution in [3.8, 4) is 5.75 Å². The number of rotatable bonds is 5. The van der Waals surface area contributed by atoms with Gasteiger partial charge in [-0.25, -0.2) is 0 Å². The first-order valence-corrected chi connectivity index (χ1v) is 7.20. The van der Waals surface area contributed by atoms with E-state index in [1.54, 1.807) is 26.1 Å². The maximum atomic E-state index is 12.6. The summed E-state index contributed by atoms with van der Waals surface area (Å²) >= 11 is 0. The number of methoxy groups -OCH3 is 1. The minimum Gasteiger partial charge on any atom is -0.495 e. The number of nitrogens with one attached hydrogen (secondary N) is 1. The number of ether oxygens (including phenoxy) is 1. The van der Waals surface area contributed by atoms with Crippen LogP contribution in [0.5, 0.6) is 5.75 Å². The van der Waals surface area contributed by atoms with E-state index in [0.717, 1.165) is 22.6 Å². The molecule has 0 bridgehead atoms. The molecule has 2 rings (SSSR count). The number of hydrogen-bond acceptors (Lipinski definition) is 3. The maximum Gasteiger partial charge on any atom is 0.249 e. The number of nitrogens with zero attached hydrogens (tertiary/aromatic N) is 1. The van der Waals surface area contributed by atoms with Gasteiger partial charge >= 0.3 is 0 Å². The Morgan fingerprint density at radius 3 is 2.41 bits per heavy atom. The number of likely N-dealkylation sites (N-methyl/N-ethyl adjacent to an activating group) is 1. The van der Waals surface area contributed by atoms with Gasteiger partial charge in [-0.15, -0.1) is 0 Å². The van der Waals surface area contributed by atoms with Crippen LogP contribution < -0.4 is 10.1 Å². The van der Waals surface area contributed by atoms with Gasteiger partial charge in [0.1, 0.15) is 11.8 Å². The second kappa shape index (κ2) is 6.98. The molecule has 22 heavy (non-hydrogen) atoms. The highest BCUT2D eigenvalue weighted by Crippen LogP contribution is 2.30. The quantitative estimate of drug-likeness (QED) is 0.921. The zero-order chi connectivity index (χ0) is 16.1. The van der Waals surface area contributed by atoms with Crippen LogP contribution in [0, 0.1) is 6.92 Å². The summed E-state index contributed by atoms with van der Waals surface area (Å²) in [6.45, 7) is 2.01. The Morgan fingerprint density at radius 2 is 1.82 bits per heavy atom. The second-order valence-electron chi connectivity index (χ2n) is 5.42. The number of hydrogen-bond donors (Lipinski definition) is 1. The molecule has 0 aliphatic carbocycles. The summed E-state index contributed by atoms with van der Waals surface area (Å²) in [4.78, 5) is 14.1. The summed E-state index contributed by atoms with van der Waals surface area (Å²) in [6.07, 6.45) is 0. The molecule has 0 saturated carbocycles. The third-order valence-corrected chi connectivity index (χ3v) is 3.48. The first kappa shape index (κ1) is 15.9. The number of benzene rings is 2. The van der Waals surface area contributed by atoms with Gasteiger partial charge in [-0.1, -0.05) is 36.4 Å². The first-order chi connectivity index (χ1) is 10.5. The molecule has 0 spiro atoms. The molecule has 0 saturated heterocycles. The van der Waals surface area contributed by atoms with E-state index in [2.05, 4.69) is 5.32 Å². The minimum atomic E-state index is -0.452. The van der Waals surface area contributed by atoms with E-state index in [4.69, 9.17) is 4.74 Å². The Labute approximate surface area is 131 Å². The van der Waals surface area contributed by atoms with Crippen molar-refractivity contribution in [3.63, 3.8) is 0 Å². The Bertz CT molecular complexity index is 639. The monoisotopic (exact) mass is 298 g/mol. The van der Waals surface area contributed by atoms with E-state index in [1.807, 2.05) is 55.5 Å². The van der Waals surface area contributed by atoms with E-state index < -0.39 is 6.04 Å². The predicted octanol–water partition coefficient (Wildman–Crippen LogP) is 3.25. The summed E-state index contributed by atoms with van der Waals surface area (Å²) < 4.78 is 5.39. The fourth-order valence-electron chi connectivity index (χ4n) is 2.28. The van der Waals surface area contributed by atoms with Crippen molar-refractivity contribution in [1.29, 1.82) is 0 Å². The van der Waals surface area contributed by atoms with Gasteiger partial charge in [-0.3, -0.25) is 4.79 Å². The molecule has 1 amide bonds. The van der Waals surface area contributed by atoms with Crippen molar-refractivity contribution in [1.82, 2.24) is 4.90 Å². The summed E-state index contributed by atoms with van der Waals surface area (Å²) in [7, 11) is 5.14. The molecule has 2 aromatic rings. The lowest BCUT2D eigenvalue weighted by Crippen LogP contribution is -2.32. The normalized spacial score (nSPS) is 11.6. The molecule has 1 atom stereocenters. The Morgan fingerprint density at radius 1 is 1.14 bits per heavy atom. The Balaban J connectivity index is 2.39. The van der Waals surface area contributed by atoms with Crippen molar-refractivity contribution in [2.45, 2.75) is 13.0 Å². The maximum absolute atomic E-state index is 12.6. The van der Waals surface area contributed by atoms with Gasteiger partial charge in [-0.2, -0.15) is 0 Å². The van der Waals surface area contributed by atoms with E-state index in [9.17, 15) is 4.79 Å². The largest absolute Gasteiger partial charge is 0.495 e. The summed E-state index contributed by atoms with van der Waals surface area (Å²) in [5, 5.41) is 3.32. The van der Waals surface area contributed by atoms with Crippen LogP contribution in [0.2, 0.25) is 0 Å². The molecule has 0 aliphatic rings. The number of carbonyl (C=O) groups excluding carboxylic acids is 1. The van der Waals surface area contributed by atoms with E-state index in [-0.39, 0.29) is 5.91 Å². The molecule has 1 N–H and O–H groups in total. The molecule has 2 aromatic carbocycles. The van der Waals surface area contributed by atoms with Crippen molar-refractivity contribution in [2.24, 2.45) is 0 Å². The Hall–Kier alpha value is -2.49. The van der Waals surface area contributed by atoms with Gasteiger partial charge < -0.3 is 15.0 Å². The summed E-state index contributed by atoms with van der Waals surface area (Å²) in [6, 6.07) is 15.1. The van der Waals surface area contributed by atoms with Crippen LogP contribution >= 0.6 is 0 Å². The molecule has 0 radical (unpaired) electrons. The highest BCUT2D eigenvalue weighted by Gasteiger charge is 2.23. The zero-order valence-electron chi connectivity index (χ0n) is 13.5. The van der Waals surface area contributed by atoms with Crippen molar-refractivity contribution >= 4 is 11.6 Å². The zero-order valence-corrected chi connectivity index (χ0v) is 13.5. The average Bonchev–Trinajstić information content (AvgIpc) is 2.53. The molecular weight excluding hydrogens is 276 g/mol. The Kier molecular flexibility index (Phi) is 5.04. The van der Waals surface area contributed by atoms with Gasteiger partial charge in [-0.05, 0) is 30.2 Å². The SMILES string of the molecule is COc1ccc(C)cc1NC(C(=O)N(C)C)c1ccccc1. The lowest BCUT2D eigenvalue weighted by atomic mass is 10.0. The second-order valence-corrected chi connectivity index (χ2v) is 5.42. The van der Waals surface area contributed by atoms with Gasteiger partial charge in [0.25, 0.3) is 0 Å². The van der Waals surface area contributed by atoms with E-state index in [0.29, 0.717) is 0 Å². The van der Waals surface area contributed by atoms with Gasteiger partial charge in [0.2, 0.25) is 5.91 Å². The number of amides is 1. The first-order valence-electron chi connectivity index (χ1n) is 7.20. The third-order valence-electron chi connectivity index (χ3n) is 3.48. The molecule has 116 valence electrons. The lowest BCUT2D eigenvalue weighted by Gasteiger charge is -2.24. The minimum absolute atomic E-state index is 0.00485. The van der Waals surface area contributed by atoms with Crippen molar-refractivity contribution in [3.05, 3.63) is 59.7 Å². The molecule has 0 fully saturated rings. The molecule has 0 aliphatic heterocycles. The van der Waals surface area contributed by atoms with Crippen LogP contribution in [-0.2, 0) is 4.79 Å². The van der Waals surface area contributed by atoms with E-state index >= 15 is 0 Å². The van der Waals surface area contributed by atoms with Crippen LogP contribution in [0.4, 0.5) is 5.69 Å². The van der Waals surface area contributed by atoms with Gasteiger partial charge in [0.05, 0.1) is 12.8 Å². The van der Waals surface area contributed by atoms with Crippen LogP contribution in [0.1, 0.15) is 17.2 Å². The van der Waals surface area contributed by atoms with Crippen molar-refractivity contribution in [2.75, 3.05) is 26.5 Å². The number of anilines is 1. The van der Waals surface area contributed by atoms with Crippen molar-refractivity contribution < 1.29 is 9.53 Å². The molecular formula is C18H22N2O2. The van der Waals surface area contributed by atoms with Gasteiger partial charge in [0.15, 0.2) is 0 Å². The van der Waals surface area contributed by atoms with Crippen LogP contribution in [0.15, 0.2) is 48.5 Å². The molecule has 0 aromatic heterocycles. The summed E-state index contributed by atoms with van der Waals surface area (Å²) in [5.41, 5.74) is 2.84. The number of carbonyl (C=O) groups is 1. The highest BCUT2D eigenvalue weighted by molar-refractivity contribution is 5.86. The molecule has 4 nitrogen and oxygen atoms in total. The molecule has 1 unspecified atom stereocenters. The van der Waals surface area contributed by atoms with Crippen LogP contribution in [0.3, 0.4) is 0 Å². The predicted molar refractivity (Wildman–Crippen MR) is 89.2 cm³/mol. The topological polar surface area (TPSA) is 41.6 Å². The smallest absolute Gasteiger partial charge is 0.249 e. The number of aryl methyl sites for hydroxylation is 1. The highest BCUT2D eigenvalue weighted by atomic mass is 16.5. The van der Waals surface area contributed by atoms with E-state index in [1.165, 1.54) is 0 Å². The standard InChI is InChI=1S/C18H22N2O2/c1-13-10-11-16(22-4)15(12-13)19-17(18(21)20(2)3)14-8-6-5-7-9-14/h5-12,17,19H,1-4H3. The third kappa shape index (κ3) is 3.58. The summed E-state index contributed by atoms with van der Waals surface area (Å²) in [5.74, 6) is 0.716. The molecule has 0 heterocycles. The fraction of sp³-hybridized carbons (Fsp3) is 0.278. The average molecular weight is 298 g/mol. The van der Waals surface area contributed by atoms with Crippen LogP contribution in [0.25, 0.3) is 0 Å². The van der Waals surface area contributed by atoms with Gasteiger partial charge in [0, 0.05) is 14.1 Å². The molecule has 4 heteroatoms. The lowest BCUT2D eigenvalue weighted by molar-refractivity contribution is -0.129. The fourth-order valence-corrected chi connectivity index (χ4v) is 2.28. The van der Waals surface area contributed by atoms with Crippen LogP contribution in [-0.4, -0.2) is 32.0 Å².